The third kappa shape index (κ3) is 2.82. The van der Waals surface area contributed by atoms with Crippen LogP contribution in [0, 0.1) is 0 Å². The molecule has 4 nitrogen and oxygen atoms in total. The van der Waals surface area contributed by atoms with E-state index in [-0.39, 0.29) is 23.5 Å². The standard InChI is InChI=1S/C10H13F2N3O/c1-15(5-9(14)16)8-3-2-6(13)4-7(8)10(11)12/h2-4,10H,5,13H2,1H3,(H2,14,16). The fourth-order valence-corrected chi connectivity index (χ4v) is 1.41. The molecule has 6 heteroatoms. The summed E-state index contributed by atoms with van der Waals surface area (Å²) in [6.07, 6.45) is -2.64. The molecule has 1 aromatic carbocycles. The Balaban J connectivity index is 3.07. The number of likely N-dealkylation sites (N-methyl/N-ethyl adjacent to an activating group) is 1. The molecule has 0 aliphatic heterocycles. The lowest BCUT2D eigenvalue weighted by atomic mass is 10.1. The monoisotopic (exact) mass is 229 g/mol. The molecule has 0 radical (unpaired) electrons. The van der Waals surface area contributed by atoms with E-state index in [1.54, 1.807) is 0 Å². The van der Waals surface area contributed by atoms with E-state index in [9.17, 15) is 13.6 Å². The van der Waals surface area contributed by atoms with Crippen LogP contribution in [0.5, 0.6) is 0 Å². The number of nitrogens with two attached hydrogens (primary N) is 2. The first-order chi connectivity index (χ1) is 7.41. The zero-order valence-electron chi connectivity index (χ0n) is 8.78. The Morgan fingerprint density at radius 3 is 2.62 bits per heavy atom. The van der Waals surface area contributed by atoms with Gasteiger partial charge >= 0.3 is 0 Å². The van der Waals surface area contributed by atoms with Crippen molar-refractivity contribution in [2.75, 3.05) is 24.2 Å². The van der Waals surface area contributed by atoms with E-state index in [1.807, 2.05) is 0 Å². The molecule has 0 aromatic heterocycles. The first-order valence-electron chi connectivity index (χ1n) is 4.59. The minimum absolute atomic E-state index is 0.121. The van der Waals surface area contributed by atoms with Gasteiger partial charge in [0.25, 0.3) is 6.43 Å². The molecule has 16 heavy (non-hydrogen) atoms. The second-order valence-corrected chi connectivity index (χ2v) is 3.44. The Morgan fingerprint density at radius 2 is 2.12 bits per heavy atom. The number of hydrogen-bond donors (Lipinski definition) is 2. The molecule has 1 aromatic rings. The van der Waals surface area contributed by atoms with Crippen molar-refractivity contribution in [3.63, 3.8) is 0 Å². The van der Waals surface area contributed by atoms with Gasteiger partial charge in [-0.2, -0.15) is 0 Å². The van der Waals surface area contributed by atoms with E-state index in [1.165, 1.54) is 30.1 Å². The maximum absolute atomic E-state index is 12.7. The van der Waals surface area contributed by atoms with Crippen molar-refractivity contribution in [2.24, 2.45) is 5.73 Å². The van der Waals surface area contributed by atoms with Crippen LogP contribution in [0.15, 0.2) is 18.2 Å². The summed E-state index contributed by atoms with van der Waals surface area (Å²) in [5, 5.41) is 0. The maximum atomic E-state index is 12.7. The average molecular weight is 229 g/mol. The highest BCUT2D eigenvalue weighted by atomic mass is 19.3. The van der Waals surface area contributed by atoms with Gasteiger partial charge in [0.2, 0.25) is 5.91 Å². The van der Waals surface area contributed by atoms with Gasteiger partial charge in [-0.3, -0.25) is 4.79 Å². The first-order valence-corrected chi connectivity index (χ1v) is 4.59. The van der Waals surface area contributed by atoms with E-state index in [2.05, 4.69) is 0 Å². The number of nitrogen functional groups attached to an aromatic ring is 1. The molecule has 0 fully saturated rings. The topological polar surface area (TPSA) is 72.3 Å². The summed E-state index contributed by atoms with van der Waals surface area (Å²) < 4.78 is 25.4. The number of amides is 1. The van der Waals surface area contributed by atoms with Gasteiger partial charge in [-0.25, -0.2) is 8.78 Å². The molecule has 0 saturated heterocycles. The number of alkyl halides is 2. The van der Waals surface area contributed by atoms with Gasteiger partial charge in [-0.15, -0.1) is 0 Å². The molecule has 0 unspecified atom stereocenters. The lowest BCUT2D eigenvalue weighted by Gasteiger charge is -2.21. The van der Waals surface area contributed by atoms with Crippen molar-refractivity contribution >= 4 is 17.3 Å². The SMILES string of the molecule is CN(CC(N)=O)c1ccc(N)cc1C(F)F. The fraction of sp³-hybridized carbons (Fsp3) is 0.300. The zero-order chi connectivity index (χ0) is 12.3. The van der Waals surface area contributed by atoms with Crippen molar-refractivity contribution in [3.8, 4) is 0 Å². The summed E-state index contributed by atoms with van der Waals surface area (Å²) in [7, 11) is 1.52. The van der Waals surface area contributed by atoms with Crippen molar-refractivity contribution in [1.29, 1.82) is 0 Å². The van der Waals surface area contributed by atoms with Crippen LogP contribution in [0.3, 0.4) is 0 Å². The molecule has 0 atom stereocenters. The van der Waals surface area contributed by atoms with Gasteiger partial charge in [-0.1, -0.05) is 0 Å². The average Bonchev–Trinajstić information content (AvgIpc) is 2.16. The van der Waals surface area contributed by atoms with Gasteiger partial charge < -0.3 is 16.4 Å². The van der Waals surface area contributed by atoms with Crippen molar-refractivity contribution in [2.45, 2.75) is 6.43 Å². The number of primary amides is 1. The van der Waals surface area contributed by atoms with Crippen LogP contribution < -0.4 is 16.4 Å². The highest BCUT2D eigenvalue weighted by molar-refractivity contribution is 5.80. The minimum atomic E-state index is -2.64. The molecular formula is C10H13F2N3O. The molecule has 0 spiro atoms. The van der Waals surface area contributed by atoms with Crippen LogP contribution in [0.1, 0.15) is 12.0 Å². The van der Waals surface area contributed by atoms with Gasteiger partial charge in [-0.05, 0) is 18.2 Å². The second kappa shape index (κ2) is 4.78. The lowest BCUT2D eigenvalue weighted by Crippen LogP contribution is -2.31. The van der Waals surface area contributed by atoms with E-state index >= 15 is 0 Å². The molecule has 1 amide bonds. The third-order valence-electron chi connectivity index (χ3n) is 2.09. The van der Waals surface area contributed by atoms with E-state index < -0.39 is 12.3 Å². The Kier molecular flexibility index (Phi) is 3.65. The molecule has 4 N–H and O–H groups in total. The van der Waals surface area contributed by atoms with E-state index in [4.69, 9.17) is 11.5 Å². The van der Waals surface area contributed by atoms with Crippen LogP contribution in [0.25, 0.3) is 0 Å². The summed E-state index contributed by atoms with van der Waals surface area (Å²) >= 11 is 0. The molecule has 0 saturated carbocycles. The van der Waals surface area contributed by atoms with Gasteiger partial charge in [0, 0.05) is 24.0 Å². The Labute approximate surface area is 91.8 Å². The van der Waals surface area contributed by atoms with E-state index in [0.717, 1.165) is 0 Å². The number of anilines is 2. The van der Waals surface area contributed by atoms with Crippen LogP contribution in [0.4, 0.5) is 20.2 Å². The molecule has 0 heterocycles. The zero-order valence-corrected chi connectivity index (χ0v) is 8.78. The minimum Gasteiger partial charge on any atom is -0.399 e. The number of carbonyl (C=O) groups is 1. The number of halogens is 2. The second-order valence-electron chi connectivity index (χ2n) is 3.44. The van der Waals surface area contributed by atoms with Gasteiger partial charge in [0.05, 0.1) is 6.54 Å². The first kappa shape index (κ1) is 12.2. The van der Waals surface area contributed by atoms with Crippen LogP contribution in [-0.2, 0) is 4.79 Å². The summed E-state index contributed by atoms with van der Waals surface area (Å²) in [6.45, 7) is -0.121. The van der Waals surface area contributed by atoms with Crippen LogP contribution in [0.2, 0.25) is 0 Å². The van der Waals surface area contributed by atoms with E-state index in [0.29, 0.717) is 0 Å². The normalized spacial score (nSPS) is 10.5. The molecule has 0 aliphatic carbocycles. The fourth-order valence-electron chi connectivity index (χ4n) is 1.41. The number of benzene rings is 1. The maximum Gasteiger partial charge on any atom is 0.265 e. The predicted molar refractivity (Wildman–Crippen MR) is 58.3 cm³/mol. The molecular weight excluding hydrogens is 216 g/mol. The molecule has 0 bridgehead atoms. The number of carbonyl (C=O) groups excluding carboxylic acids is 1. The van der Waals surface area contributed by atoms with Gasteiger partial charge in [0.15, 0.2) is 0 Å². The highest BCUT2D eigenvalue weighted by Gasteiger charge is 2.16. The summed E-state index contributed by atoms with van der Waals surface area (Å²) in [4.78, 5) is 12.1. The van der Waals surface area contributed by atoms with Crippen molar-refractivity contribution < 1.29 is 13.6 Å². The quantitative estimate of drug-likeness (QED) is 0.760. The Morgan fingerprint density at radius 1 is 1.50 bits per heavy atom. The summed E-state index contributed by atoms with van der Waals surface area (Å²) in [5.74, 6) is -0.584. The van der Waals surface area contributed by atoms with Crippen LogP contribution in [-0.4, -0.2) is 19.5 Å². The number of hydrogen-bond acceptors (Lipinski definition) is 3. The lowest BCUT2D eigenvalue weighted by molar-refractivity contribution is -0.116. The third-order valence-corrected chi connectivity index (χ3v) is 2.09. The van der Waals surface area contributed by atoms with Gasteiger partial charge in [0.1, 0.15) is 0 Å². The van der Waals surface area contributed by atoms with Crippen molar-refractivity contribution in [1.82, 2.24) is 0 Å². The highest BCUT2D eigenvalue weighted by Crippen LogP contribution is 2.30. The largest absolute Gasteiger partial charge is 0.399 e. The Hall–Kier alpha value is -1.85. The number of nitrogens with zero attached hydrogens (tertiary/aromatic N) is 1. The number of rotatable bonds is 4. The Bertz CT molecular complexity index is 396. The predicted octanol–water partition coefficient (Wildman–Crippen LogP) is 1.13. The van der Waals surface area contributed by atoms with Crippen molar-refractivity contribution in [3.05, 3.63) is 23.8 Å². The summed E-state index contributed by atoms with van der Waals surface area (Å²) in [5.41, 5.74) is 10.7. The van der Waals surface area contributed by atoms with Crippen LogP contribution >= 0.6 is 0 Å². The summed E-state index contributed by atoms with van der Waals surface area (Å²) in [6, 6.07) is 4.13. The molecule has 0 aliphatic rings. The molecule has 88 valence electrons. The smallest absolute Gasteiger partial charge is 0.265 e. The molecule has 1 rings (SSSR count).